The maximum atomic E-state index is 5.96. The number of aromatic amines is 1. The van der Waals surface area contributed by atoms with E-state index in [1.165, 1.54) is 0 Å². The van der Waals surface area contributed by atoms with Crippen LogP contribution in [0.3, 0.4) is 0 Å². The topological polar surface area (TPSA) is 60.0 Å². The summed E-state index contributed by atoms with van der Waals surface area (Å²) in [5.74, 6) is 1.97. The first-order valence-electron chi connectivity index (χ1n) is 6.06. The Hall–Kier alpha value is -1.98. The van der Waals surface area contributed by atoms with E-state index in [4.69, 9.17) is 32.7 Å². The van der Waals surface area contributed by atoms with Crippen LogP contribution in [-0.4, -0.2) is 29.2 Å². The van der Waals surface area contributed by atoms with E-state index in [-0.39, 0.29) is 5.15 Å². The van der Waals surface area contributed by atoms with E-state index in [9.17, 15) is 0 Å². The van der Waals surface area contributed by atoms with Crippen LogP contribution in [0.2, 0.25) is 10.2 Å². The number of ether oxygens (including phenoxy) is 2. The lowest BCUT2D eigenvalue weighted by Gasteiger charge is -2.08. The monoisotopic (exact) mass is 323 g/mol. The van der Waals surface area contributed by atoms with Crippen LogP contribution in [-0.2, 0) is 0 Å². The molecule has 0 amide bonds. The minimum absolute atomic E-state index is 0.226. The minimum Gasteiger partial charge on any atom is -0.497 e. The van der Waals surface area contributed by atoms with E-state index >= 15 is 0 Å². The lowest BCUT2D eigenvalue weighted by molar-refractivity contribution is 0.395. The molecule has 3 aromatic rings. The van der Waals surface area contributed by atoms with E-state index in [1.54, 1.807) is 26.4 Å². The summed E-state index contributed by atoms with van der Waals surface area (Å²) in [5.41, 5.74) is 2.00. The second kappa shape index (κ2) is 5.42. The van der Waals surface area contributed by atoms with Gasteiger partial charge in [-0.1, -0.05) is 23.2 Å². The number of nitrogens with one attached hydrogen (secondary N) is 1. The third-order valence-electron chi connectivity index (χ3n) is 3.05. The summed E-state index contributed by atoms with van der Waals surface area (Å²) >= 11 is 11.9. The molecule has 0 aliphatic carbocycles. The molecule has 0 atom stereocenters. The van der Waals surface area contributed by atoms with Gasteiger partial charge in [-0.25, -0.2) is 9.97 Å². The van der Waals surface area contributed by atoms with Gasteiger partial charge in [-0.3, -0.25) is 0 Å². The maximum Gasteiger partial charge on any atom is 0.179 e. The van der Waals surface area contributed by atoms with Crippen molar-refractivity contribution >= 4 is 34.4 Å². The molecule has 0 unspecified atom stereocenters. The van der Waals surface area contributed by atoms with Crippen molar-refractivity contribution < 1.29 is 9.47 Å². The van der Waals surface area contributed by atoms with Crippen molar-refractivity contribution in [3.05, 3.63) is 34.4 Å². The number of imidazole rings is 1. The van der Waals surface area contributed by atoms with Crippen molar-refractivity contribution in [3.8, 4) is 22.9 Å². The van der Waals surface area contributed by atoms with Crippen LogP contribution in [0.5, 0.6) is 11.5 Å². The zero-order valence-corrected chi connectivity index (χ0v) is 12.8. The van der Waals surface area contributed by atoms with Gasteiger partial charge in [-0.05, 0) is 18.2 Å². The Kier molecular flexibility index (Phi) is 3.61. The average Bonchev–Trinajstić information content (AvgIpc) is 2.89. The Balaban J connectivity index is 2.16. The second-order valence-electron chi connectivity index (χ2n) is 4.28. The van der Waals surface area contributed by atoms with Gasteiger partial charge in [0.2, 0.25) is 0 Å². The van der Waals surface area contributed by atoms with Gasteiger partial charge in [0.25, 0.3) is 0 Å². The highest BCUT2D eigenvalue weighted by atomic mass is 35.5. The highest BCUT2D eigenvalue weighted by Crippen LogP contribution is 2.33. The predicted octanol–water partition coefficient (Wildman–Crippen LogP) is 3.95. The summed E-state index contributed by atoms with van der Waals surface area (Å²) in [6.45, 7) is 0. The van der Waals surface area contributed by atoms with Gasteiger partial charge in [0.15, 0.2) is 5.65 Å². The van der Waals surface area contributed by atoms with E-state index in [1.807, 2.05) is 12.1 Å². The molecule has 0 saturated carbocycles. The van der Waals surface area contributed by atoms with E-state index in [0.29, 0.717) is 33.5 Å². The molecular formula is C14H11Cl2N3O2. The first-order valence-corrected chi connectivity index (χ1v) is 6.82. The zero-order valence-electron chi connectivity index (χ0n) is 11.3. The number of hydrogen-bond acceptors (Lipinski definition) is 4. The minimum atomic E-state index is 0.226. The molecule has 3 rings (SSSR count). The van der Waals surface area contributed by atoms with Crippen LogP contribution in [0.15, 0.2) is 24.3 Å². The van der Waals surface area contributed by atoms with Crippen LogP contribution in [0.25, 0.3) is 22.6 Å². The quantitative estimate of drug-likeness (QED) is 0.741. The number of hydrogen-bond donors (Lipinski definition) is 1. The smallest absolute Gasteiger partial charge is 0.179 e. The number of pyridine rings is 1. The van der Waals surface area contributed by atoms with Crippen molar-refractivity contribution in [2.45, 2.75) is 0 Å². The molecule has 0 aliphatic rings. The molecular weight excluding hydrogens is 313 g/mol. The number of aromatic nitrogens is 3. The summed E-state index contributed by atoms with van der Waals surface area (Å²) in [5, 5.41) is 0.602. The highest BCUT2D eigenvalue weighted by Gasteiger charge is 2.13. The summed E-state index contributed by atoms with van der Waals surface area (Å²) in [6.07, 6.45) is 0. The van der Waals surface area contributed by atoms with E-state index in [0.717, 1.165) is 5.56 Å². The van der Waals surface area contributed by atoms with Crippen molar-refractivity contribution in [2.24, 2.45) is 0 Å². The molecule has 0 spiro atoms. The number of rotatable bonds is 3. The van der Waals surface area contributed by atoms with Crippen molar-refractivity contribution in [3.63, 3.8) is 0 Å². The maximum absolute atomic E-state index is 5.96. The lowest BCUT2D eigenvalue weighted by atomic mass is 10.2. The molecule has 7 heteroatoms. The Morgan fingerprint density at radius 2 is 1.86 bits per heavy atom. The van der Waals surface area contributed by atoms with Crippen LogP contribution >= 0.6 is 23.2 Å². The standard InChI is InChI=1S/C14H11Cl2N3O2/c1-20-7-3-4-8(11(5-7)21-2)13-17-10-6-9(15)12(16)18-14(10)19-13/h3-6H,1-2H3,(H,17,18,19). The molecule has 0 fully saturated rings. The number of benzene rings is 1. The van der Waals surface area contributed by atoms with E-state index in [2.05, 4.69) is 15.0 Å². The molecule has 1 aromatic carbocycles. The second-order valence-corrected chi connectivity index (χ2v) is 5.05. The van der Waals surface area contributed by atoms with Crippen LogP contribution < -0.4 is 9.47 Å². The largest absolute Gasteiger partial charge is 0.497 e. The van der Waals surface area contributed by atoms with Crippen molar-refractivity contribution in [2.75, 3.05) is 14.2 Å². The van der Waals surface area contributed by atoms with Crippen molar-refractivity contribution in [1.82, 2.24) is 15.0 Å². The molecule has 0 aliphatic heterocycles. The molecule has 0 radical (unpaired) electrons. The lowest BCUT2D eigenvalue weighted by Crippen LogP contribution is -1.91. The first kappa shape index (κ1) is 14.0. The Bertz CT molecular complexity index is 778. The highest BCUT2D eigenvalue weighted by molar-refractivity contribution is 6.41. The van der Waals surface area contributed by atoms with Gasteiger partial charge in [-0.15, -0.1) is 0 Å². The zero-order chi connectivity index (χ0) is 15.0. The molecule has 1 N–H and O–H groups in total. The van der Waals surface area contributed by atoms with Gasteiger partial charge in [0.1, 0.15) is 22.5 Å². The number of halogens is 2. The molecule has 0 saturated heterocycles. The fourth-order valence-electron chi connectivity index (χ4n) is 2.02. The van der Waals surface area contributed by atoms with E-state index < -0.39 is 0 Å². The van der Waals surface area contributed by atoms with Crippen LogP contribution in [0, 0.1) is 0 Å². The summed E-state index contributed by atoms with van der Waals surface area (Å²) in [6, 6.07) is 7.17. The van der Waals surface area contributed by atoms with Gasteiger partial charge in [0.05, 0.1) is 30.3 Å². The summed E-state index contributed by atoms with van der Waals surface area (Å²) in [7, 11) is 3.19. The van der Waals surface area contributed by atoms with Gasteiger partial charge in [0, 0.05) is 6.07 Å². The molecule has 2 heterocycles. The Morgan fingerprint density at radius 3 is 2.57 bits per heavy atom. The SMILES string of the molecule is COc1ccc(-c2nc3nc(Cl)c(Cl)cc3[nH]2)c(OC)c1. The number of methoxy groups -OCH3 is 2. The van der Waals surface area contributed by atoms with Crippen LogP contribution in [0.4, 0.5) is 0 Å². The molecule has 108 valence electrons. The fourth-order valence-corrected chi connectivity index (χ4v) is 2.30. The van der Waals surface area contributed by atoms with Crippen LogP contribution in [0.1, 0.15) is 0 Å². The summed E-state index contributed by atoms with van der Waals surface area (Å²) < 4.78 is 10.6. The first-order chi connectivity index (χ1) is 10.1. The Labute approximate surface area is 130 Å². The van der Waals surface area contributed by atoms with Crippen molar-refractivity contribution in [1.29, 1.82) is 0 Å². The van der Waals surface area contributed by atoms with Gasteiger partial charge in [-0.2, -0.15) is 0 Å². The number of H-pyrrole nitrogens is 1. The molecule has 21 heavy (non-hydrogen) atoms. The van der Waals surface area contributed by atoms with Gasteiger partial charge < -0.3 is 14.5 Å². The predicted molar refractivity (Wildman–Crippen MR) is 82.4 cm³/mol. The number of fused-ring (bicyclic) bond motifs is 1. The average molecular weight is 324 g/mol. The molecule has 0 bridgehead atoms. The van der Waals surface area contributed by atoms with Gasteiger partial charge >= 0.3 is 0 Å². The molecule has 5 nitrogen and oxygen atoms in total. The Morgan fingerprint density at radius 1 is 1.05 bits per heavy atom. The normalized spacial score (nSPS) is 10.9. The number of nitrogens with zero attached hydrogens (tertiary/aromatic N) is 2. The third kappa shape index (κ3) is 2.50. The summed E-state index contributed by atoms with van der Waals surface area (Å²) in [4.78, 5) is 11.7. The molecule has 2 aromatic heterocycles. The third-order valence-corrected chi connectivity index (χ3v) is 3.72. The fraction of sp³-hybridized carbons (Fsp3) is 0.143.